The SMILES string of the molecule is CN1CCC[C@H]1C(=O)Nc1cc(-c2ccncc2)c[nH]c1=O. The molecule has 0 saturated carbocycles. The maximum absolute atomic E-state index is 12.3. The Labute approximate surface area is 128 Å². The van der Waals surface area contributed by atoms with Crippen molar-refractivity contribution in [1.29, 1.82) is 0 Å². The first-order chi connectivity index (χ1) is 10.6. The standard InChI is InChI=1S/C16H18N4O2/c1-20-8-2-3-14(20)16(22)19-13-9-12(10-18-15(13)21)11-4-6-17-7-5-11/h4-7,9-10,14H,2-3,8H2,1H3,(H,18,21)(H,19,22)/t14-/m0/s1. The molecule has 6 heteroatoms. The zero-order valence-electron chi connectivity index (χ0n) is 12.4. The molecule has 1 saturated heterocycles. The van der Waals surface area contributed by atoms with E-state index in [-0.39, 0.29) is 23.2 Å². The van der Waals surface area contributed by atoms with Gasteiger partial charge in [-0.05, 0) is 50.2 Å². The third-order valence-electron chi connectivity index (χ3n) is 4.00. The van der Waals surface area contributed by atoms with Crippen LogP contribution in [0.3, 0.4) is 0 Å². The molecule has 0 aromatic carbocycles. The predicted molar refractivity (Wildman–Crippen MR) is 84.6 cm³/mol. The van der Waals surface area contributed by atoms with Crippen LogP contribution in [0.2, 0.25) is 0 Å². The molecule has 22 heavy (non-hydrogen) atoms. The minimum Gasteiger partial charge on any atom is -0.327 e. The van der Waals surface area contributed by atoms with E-state index in [4.69, 9.17) is 0 Å². The number of likely N-dealkylation sites (N-methyl/N-ethyl adjacent to an activating group) is 1. The van der Waals surface area contributed by atoms with Gasteiger partial charge >= 0.3 is 0 Å². The van der Waals surface area contributed by atoms with Gasteiger partial charge in [-0.25, -0.2) is 0 Å². The highest BCUT2D eigenvalue weighted by atomic mass is 16.2. The first kappa shape index (κ1) is 14.5. The maximum atomic E-state index is 12.3. The van der Waals surface area contributed by atoms with Gasteiger partial charge in [0, 0.05) is 24.2 Å². The lowest BCUT2D eigenvalue weighted by molar-refractivity contribution is -0.119. The summed E-state index contributed by atoms with van der Waals surface area (Å²) in [5, 5.41) is 2.75. The normalized spacial score (nSPS) is 18.3. The summed E-state index contributed by atoms with van der Waals surface area (Å²) in [4.78, 5) is 32.9. The molecule has 114 valence electrons. The lowest BCUT2D eigenvalue weighted by Gasteiger charge is -2.18. The molecule has 1 amide bonds. The molecule has 0 spiro atoms. The van der Waals surface area contributed by atoms with Crippen molar-refractivity contribution in [3.05, 3.63) is 47.1 Å². The number of likely N-dealkylation sites (tertiary alicyclic amines) is 1. The highest BCUT2D eigenvalue weighted by molar-refractivity contribution is 5.95. The Bertz CT molecular complexity index is 726. The number of anilines is 1. The van der Waals surface area contributed by atoms with Gasteiger partial charge in [0.25, 0.3) is 5.56 Å². The van der Waals surface area contributed by atoms with E-state index in [0.717, 1.165) is 30.5 Å². The van der Waals surface area contributed by atoms with Crippen LogP contribution in [0.5, 0.6) is 0 Å². The number of nitrogens with one attached hydrogen (secondary N) is 2. The van der Waals surface area contributed by atoms with Gasteiger partial charge in [-0.15, -0.1) is 0 Å². The number of H-pyrrole nitrogens is 1. The molecule has 2 aromatic heterocycles. The first-order valence-electron chi connectivity index (χ1n) is 7.29. The van der Waals surface area contributed by atoms with E-state index in [0.29, 0.717) is 0 Å². The molecular formula is C16H18N4O2. The van der Waals surface area contributed by atoms with Crippen molar-refractivity contribution in [3.63, 3.8) is 0 Å². The summed E-state index contributed by atoms with van der Waals surface area (Å²) in [6.07, 6.45) is 6.83. The molecule has 1 fully saturated rings. The molecule has 0 radical (unpaired) electrons. The summed E-state index contributed by atoms with van der Waals surface area (Å²) in [7, 11) is 1.93. The van der Waals surface area contributed by atoms with E-state index < -0.39 is 0 Å². The van der Waals surface area contributed by atoms with Crippen molar-refractivity contribution in [2.24, 2.45) is 0 Å². The average Bonchev–Trinajstić information content (AvgIpc) is 2.96. The Balaban J connectivity index is 1.84. The third-order valence-corrected chi connectivity index (χ3v) is 4.00. The monoisotopic (exact) mass is 298 g/mol. The number of carbonyl (C=O) groups is 1. The number of aromatic amines is 1. The molecule has 3 heterocycles. The molecule has 1 aliphatic heterocycles. The molecular weight excluding hydrogens is 280 g/mol. The van der Waals surface area contributed by atoms with Gasteiger partial charge in [0.2, 0.25) is 5.91 Å². The summed E-state index contributed by atoms with van der Waals surface area (Å²) in [5.41, 5.74) is 1.74. The molecule has 3 rings (SSSR count). The largest absolute Gasteiger partial charge is 0.327 e. The van der Waals surface area contributed by atoms with Crippen molar-refractivity contribution >= 4 is 11.6 Å². The number of rotatable bonds is 3. The van der Waals surface area contributed by atoms with E-state index in [1.54, 1.807) is 24.7 Å². The summed E-state index contributed by atoms with van der Waals surface area (Å²) >= 11 is 0. The lowest BCUT2D eigenvalue weighted by atomic mass is 10.1. The smallest absolute Gasteiger partial charge is 0.271 e. The molecule has 2 aromatic rings. The van der Waals surface area contributed by atoms with Gasteiger partial charge in [-0.1, -0.05) is 0 Å². The molecule has 0 bridgehead atoms. The van der Waals surface area contributed by atoms with Gasteiger partial charge in [0.1, 0.15) is 5.69 Å². The van der Waals surface area contributed by atoms with Crippen LogP contribution in [0.4, 0.5) is 5.69 Å². The van der Waals surface area contributed by atoms with Crippen LogP contribution in [0.25, 0.3) is 11.1 Å². The van der Waals surface area contributed by atoms with Crippen LogP contribution in [-0.4, -0.2) is 40.4 Å². The second-order valence-corrected chi connectivity index (χ2v) is 5.49. The summed E-state index contributed by atoms with van der Waals surface area (Å²) in [6.45, 7) is 0.908. The molecule has 0 unspecified atom stereocenters. The molecule has 2 N–H and O–H groups in total. The minimum atomic E-state index is -0.299. The van der Waals surface area contributed by atoms with Crippen LogP contribution in [0.15, 0.2) is 41.6 Å². The van der Waals surface area contributed by atoms with Crippen molar-refractivity contribution in [3.8, 4) is 11.1 Å². The van der Waals surface area contributed by atoms with Crippen LogP contribution in [-0.2, 0) is 4.79 Å². The fraction of sp³-hybridized carbons (Fsp3) is 0.312. The van der Waals surface area contributed by atoms with E-state index in [2.05, 4.69) is 15.3 Å². The van der Waals surface area contributed by atoms with Gasteiger partial charge in [0.15, 0.2) is 0 Å². The fourth-order valence-electron chi connectivity index (χ4n) is 2.75. The number of hydrogen-bond donors (Lipinski definition) is 2. The van der Waals surface area contributed by atoms with Crippen molar-refractivity contribution in [1.82, 2.24) is 14.9 Å². The first-order valence-corrected chi connectivity index (χ1v) is 7.29. The van der Waals surface area contributed by atoms with Crippen molar-refractivity contribution < 1.29 is 4.79 Å². The van der Waals surface area contributed by atoms with E-state index in [1.165, 1.54) is 0 Å². The number of amides is 1. The number of carbonyl (C=O) groups excluding carboxylic acids is 1. The third kappa shape index (κ3) is 2.92. The zero-order valence-corrected chi connectivity index (χ0v) is 12.4. The number of pyridine rings is 2. The van der Waals surface area contributed by atoms with Crippen LogP contribution in [0.1, 0.15) is 12.8 Å². The number of hydrogen-bond acceptors (Lipinski definition) is 4. The zero-order chi connectivity index (χ0) is 15.5. The Morgan fingerprint density at radius 1 is 1.36 bits per heavy atom. The van der Waals surface area contributed by atoms with Crippen LogP contribution < -0.4 is 10.9 Å². The van der Waals surface area contributed by atoms with Crippen molar-refractivity contribution in [2.45, 2.75) is 18.9 Å². The highest BCUT2D eigenvalue weighted by Crippen LogP contribution is 2.20. The predicted octanol–water partition coefficient (Wildman–Crippen LogP) is 1.47. The summed E-state index contributed by atoms with van der Waals surface area (Å²) in [6, 6.07) is 5.23. The van der Waals surface area contributed by atoms with Gasteiger partial charge in [0.05, 0.1) is 6.04 Å². The second kappa shape index (κ2) is 6.11. The molecule has 1 aliphatic rings. The highest BCUT2D eigenvalue weighted by Gasteiger charge is 2.28. The summed E-state index contributed by atoms with van der Waals surface area (Å²) in [5.74, 6) is -0.127. The van der Waals surface area contributed by atoms with Gasteiger partial charge < -0.3 is 10.3 Å². The molecule has 6 nitrogen and oxygen atoms in total. The Kier molecular flexibility index (Phi) is 4.02. The Morgan fingerprint density at radius 3 is 2.82 bits per heavy atom. The topological polar surface area (TPSA) is 78.1 Å². The minimum absolute atomic E-state index is 0.127. The lowest BCUT2D eigenvalue weighted by Crippen LogP contribution is -2.38. The quantitative estimate of drug-likeness (QED) is 0.899. The number of aromatic nitrogens is 2. The van der Waals surface area contributed by atoms with E-state index in [1.807, 2.05) is 24.1 Å². The molecule has 0 aliphatic carbocycles. The molecule has 1 atom stereocenters. The summed E-state index contributed by atoms with van der Waals surface area (Å²) < 4.78 is 0. The Hall–Kier alpha value is -2.47. The van der Waals surface area contributed by atoms with Crippen LogP contribution in [0, 0.1) is 0 Å². The van der Waals surface area contributed by atoms with Crippen LogP contribution >= 0.6 is 0 Å². The van der Waals surface area contributed by atoms with Crippen molar-refractivity contribution in [2.75, 3.05) is 18.9 Å². The fourth-order valence-corrected chi connectivity index (χ4v) is 2.75. The van der Waals surface area contributed by atoms with Gasteiger partial charge in [-0.2, -0.15) is 0 Å². The second-order valence-electron chi connectivity index (χ2n) is 5.49. The average molecular weight is 298 g/mol. The van der Waals surface area contributed by atoms with Gasteiger partial charge in [-0.3, -0.25) is 19.5 Å². The van der Waals surface area contributed by atoms with E-state index in [9.17, 15) is 9.59 Å². The number of nitrogens with zero attached hydrogens (tertiary/aromatic N) is 2. The maximum Gasteiger partial charge on any atom is 0.271 e. The van der Waals surface area contributed by atoms with E-state index >= 15 is 0 Å². The Morgan fingerprint density at radius 2 is 2.14 bits per heavy atom.